The molecular formula is C16H10Cl2N2O2. The molecule has 1 heterocycles. The molecule has 1 aromatic heterocycles. The number of ketones is 1. The molecule has 0 unspecified atom stereocenters. The van der Waals surface area contributed by atoms with Crippen molar-refractivity contribution in [3.05, 3.63) is 74.8 Å². The number of Topliss-reactive ketones (excluding diaryl/α,β-unsaturated/α-hetero) is 1. The fourth-order valence-electron chi connectivity index (χ4n) is 2.17. The van der Waals surface area contributed by atoms with Crippen LogP contribution in [0.15, 0.2) is 53.6 Å². The summed E-state index contributed by atoms with van der Waals surface area (Å²) < 4.78 is 1.27. The molecule has 0 radical (unpaired) electrons. The second-order valence-electron chi connectivity index (χ2n) is 4.74. The predicted octanol–water partition coefficient (Wildman–Crippen LogP) is 3.59. The molecular weight excluding hydrogens is 323 g/mol. The molecule has 110 valence electrons. The van der Waals surface area contributed by atoms with Crippen LogP contribution in [-0.4, -0.2) is 15.3 Å². The summed E-state index contributed by atoms with van der Waals surface area (Å²) >= 11 is 11.9. The number of aromatic nitrogens is 2. The zero-order chi connectivity index (χ0) is 15.7. The molecule has 0 aliphatic rings. The van der Waals surface area contributed by atoms with E-state index in [-0.39, 0.29) is 23.5 Å². The molecule has 0 aliphatic carbocycles. The van der Waals surface area contributed by atoms with E-state index in [2.05, 4.69) is 4.98 Å². The number of hydrogen-bond donors (Lipinski definition) is 0. The summed E-state index contributed by atoms with van der Waals surface area (Å²) in [6.07, 6.45) is 1.36. The van der Waals surface area contributed by atoms with Crippen LogP contribution in [0.5, 0.6) is 0 Å². The van der Waals surface area contributed by atoms with Gasteiger partial charge >= 0.3 is 0 Å². The quantitative estimate of drug-likeness (QED) is 0.689. The normalized spacial score (nSPS) is 10.8. The first kappa shape index (κ1) is 14.8. The van der Waals surface area contributed by atoms with E-state index >= 15 is 0 Å². The third-order valence-electron chi connectivity index (χ3n) is 3.27. The van der Waals surface area contributed by atoms with Crippen LogP contribution < -0.4 is 5.56 Å². The highest BCUT2D eigenvalue weighted by molar-refractivity contribution is 6.35. The smallest absolute Gasteiger partial charge is 0.261 e. The van der Waals surface area contributed by atoms with E-state index in [0.29, 0.717) is 20.9 Å². The molecule has 0 spiro atoms. The monoisotopic (exact) mass is 332 g/mol. The highest BCUT2D eigenvalue weighted by Crippen LogP contribution is 2.21. The number of hydrogen-bond acceptors (Lipinski definition) is 3. The van der Waals surface area contributed by atoms with Gasteiger partial charge in [-0.05, 0) is 30.3 Å². The van der Waals surface area contributed by atoms with Crippen molar-refractivity contribution in [2.75, 3.05) is 0 Å². The zero-order valence-corrected chi connectivity index (χ0v) is 12.8. The third-order valence-corrected chi connectivity index (χ3v) is 3.84. The lowest BCUT2D eigenvalue weighted by Crippen LogP contribution is -2.24. The van der Waals surface area contributed by atoms with Crippen LogP contribution in [0.1, 0.15) is 10.4 Å². The van der Waals surface area contributed by atoms with E-state index in [1.165, 1.54) is 17.0 Å². The first-order chi connectivity index (χ1) is 10.6. The Balaban J connectivity index is 1.99. The number of rotatable bonds is 3. The Morgan fingerprint density at radius 3 is 2.73 bits per heavy atom. The maximum Gasteiger partial charge on any atom is 0.261 e. The summed E-state index contributed by atoms with van der Waals surface area (Å²) in [4.78, 5) is 28.9. The maximum atomic E-state index is 12.4. The molecule has 3 rings (SSSR count). The lowest BCUT2D eigenvalue weighted by molar-refractivity contribution is 0.0971. The maximum absolute atomic E-state index is 12.4. The minimum atomic E-state index is -0.299. The number of carbonyl (C=O) groups excluding carboxylic acids is 1. The van der Waals surface area contributed by atoms with Gasteiger partial charge in [-0.25, -0.2) is 4.98 Å². The molecule has 6 heteroatoms. The standard InChI is InChI=1S/C16H10Cl2N2O2/c17-10-5-6-13(18)12(7-10)15(21)8-20-9-19-14-4-2-1-3-11(14)16(20)22/h1-7,9H,8H2. The first-order valence-electron chi connectivity index (χ1n) is 6.48. The SMILES string of the molecule is O=C(Cn1cnc2ccccc2c1=O)c1cc(Cl)ccc1Cl. The van der Waals surface area contributed by atoms with Gasteiger partial charge in [0.2, 0.25) is 0 Å². The molecule has 3 aromatic rings. The molecule has 0 bridgehead atoms. The van der Waals surface area contributed by atoms with E-state index in [0.717, 1.165) is 0 Å². The van der Waals surface area contributed by atoms with Crippen LogP contribution >= 0.6 is 23.2 Å². The minimum Gasteiger partial charge on any atom is -0.292 e. The van der Waals surface area contributed by atoms with Gasteiger partial charge in [-0.15, -0.1) is 0 Å². The number of fused-ring (bicyclic) bond motifs is 1. The predicted molar refractivity (Wildman–Crippen MR) is 86.8 cm³/mol. The topological polar surface area (TPSA) is 52.0 Å². The molecule has 0 aliphatic heterocycles. The minimum absolute atomic E-state index is 0.142. The number of halogens is 2. The lowest BCUT2D eigenvalue weighted by Gasteiger charge is -2.07. The van der Waals surface area contributed by atoms with Gasteiger partial charge in [-0.2, -0.15) is 0 Å². The van der Waals surface area contributed by atoms with Crippen LogP contribution in [-0.2, 0) is 6.54 Å². The van der Waals surface area contributed by atoms with Crippen molar-refractivity contribution in [2.24, 2.45) is 0 Å². The third kappa shape index (κ3) is 2.75. The summed E-state index contributed by atoms with van der Waals surface area (Å²) in [7, 11) is 0. The molecule has 0 amide bonds. The first-order valence-corrected chi connectivity index (χ1v) is 7.24. The van der Waals surface area contributed by atoms with Gasteiger partial charge in [0, 0.05) is 10.6 Å². The highest BCUT2D eigenvalue weighted by Gasteiger charge is 2.13. The Bertz CT molecular complexity index is 935. The Labute approximate surface area is 135 Å². The zero-order valence-electron chi connectivity index (χ0n) is 11.3. The fourth-order valence-corrected chi connectivity index (χ4v) is 2.56. The van der Waals surface area contributed by atoms with Crippen LogP contribution in [0.25, 0.3) is 10.9 Å². The van der Waals surface area contributed by atoms with Gasteiger partial charge in [-0.1, -0.05) is 35.3 Å². The molecule has 22 heavy (non-hydrogen) atoms. The molecule has 0 fully saturated rings. The van der Waals surface area contributed by atoms with Crippen molar-refractivity contribution in [1.82, 2.24) is 9.55 Å². The van der Waals surface area contributed by atoms with Gasteiger partial charge in [0.1, 0.15) is 0 Å². The van der Waals surface area contributed by atoms with E-state index in [1.807, 2.05) is 0 Å². The number of nitrogens with zero attached hydrogens (tertiary/aromatic N) is 2. The second kappa shape index (κ2) is 5.91. The molecule has 0 N–H and O–H groups in total. The Kier molecular flexibility index (Phi) is 3.96. The molecule has 2 aromatic carbocycles. The summed E-state index contributed by atoms with van der Waals surface area (Å²) in [5.41, 5.74) is 0.614. The summed E-state index contributed by atoms with van der Waals surface area (Å²) in [5, 5.41) is 1.18. The van der Waals surface area contributed by atoms with Gasteiger partial charge in [0.15, 0.2) is 5.78 Å². The van der Waals surface area contributed by atoms with E-state index < -0.39 is 0 Å². The van der Waals surface area contributed by atoms with Gasteiger partial charge in [0.05, 0.1) is 28.8 Å². The largest absolute Gasteiger partial charge is 0.292 e. The van der Waals surface area contributed by atoms with Crippen molar-refractivity contribution in [3.8, 4) is 0 Å². The van der Waals surface area contributed by atoms with E-state index in [9.17, 15) is 9.59 Å². The van der Waals surface area contributed by atoms with Crippen LogP contribution in [0.3, 0.4) is 0 Å². The van der Waals surface area contributed by atoms with Crippen LogP contribution in [0, 0.1) is 0 Å². The summed E-state index contributed by atoms with van der Waals surface area (Å²) in [5.74, 6) is -0.299. The highest BCUT2D eigenvalue weighted by atomic mass is 35.5. The Morgan fingerprint density at radius 1 is 1.14 bits per heavy atom. The average Bonchev–Trinajstić information content (AvgIpc) is 2.52. The number of benzene rings is 2. The summed E-state index contributed by atoms with van der Waals surface area (Å²) in [6.45, 7) is -0.142. The number of para-hydroxylation sites is 1. The number of carbonyl (C=O) groups is 1. The Morgan fingerprint density at radius 2 is 1.91 bits per heavy atom. The molecule has 4 nitrogen and oxygen atoms in total. The van der Waals surface area contributed by atoms with Crippen molar-refractivity contribution in [1.29, 1.82) is 0 Å². The van der Waals surface area contributed by atoms with E-state index in [1.54, 1.807) is 36.4 Å². The fraction of sp³-hybridized carbons (Fsp3) is 0.0625. The van der Waals surface area contributed by atoms with Crippen molar-refractivity contribution >= 4 is 39.9 Å². The molecule has 0 saturated heterocycles. The van der Waals surface area contributed by atoms with Crippen molar-refractivity contribution in [2.45, 2.75) is 6.54 Å². The van der Waals surface area contributed by atoms with Crippen molar-refractivity contribution in [3.63, 3.8) is 0 Å². The molecule has 0 saturated carbocycles. The van der Waals surface area contributed by atoms with Crippen molar-refractivity contribution < 1.29 is 4.79 Å². The average molecular weight is 333 g/mol. The summed E-state index contributed by atoms with van der Waals surface area (Å²) in [6, 6.07) is 11.6. The second-order valence-corrected chi connectivity index (χ2v) is 5.59. The van der Waals surface area contributed by atoms with Crippen LogP contribution in [0.2, 0.25) is 10.0 Å². The lowest BCUT2D eigenvalue weighted by atomic mass is 10.1. The van der Waals surface area contributed by atoms with Gasteiger partial charge < -0.3 is 0 Å². The molecule has 0 atom stereocenters. The van der Waals surface area contributed by atoms with Gasteiger partial charge in [0.25, 0.3) is 5.56 Å². The van der Waals surface area contributed by atoms with Crippen LogP contribution in [0.4, 0.5) is 0 Å². The Hall–Kier alpha value is -2.17. The van der Waals surface area contributed by atoms with E-state index in [4.69, 9.17) is 23.2 Å². The van der Waals surface area contributed by atoms with Gasteiger partial charge in [-0.3, -0.25) is 14.2 Å².